The van der Waals surface area contributed by atoms with Gasteiger partial charge in [-0.2, -0.15) is 0 Å². The average Bonchev–Trinajstić information content (AvgIpc) is 2.71. The lowest BCUT2D eigenvalue weighted by Crippen LogP contribution is -2.64. The van der Waals surface area contributed by atoms with Crippen molar-refractivity contribution in [1.82, 2.24) is 0 Å². The summed E-state index contributed by atoms with van der Waals surface area (Å²) in [5, 5.41) is 10.5. The molecule has 0 unspecified atom stereocenters. The topological polar surface area (TPSA) is 54.4 Å². The van der Waals surface area contributed by atoms with Crippen molar-refractivity contribution in [3.05, 3.63) is 11.6 Å². The lowest BCUT2D eigenvalue weighted by atomic mass is 9.33. The molecule has 0 aromatic carbocycles. The predicted molar refractivity (Wildman–Crippen MR) is 132 cm³/mol. The summed E-state index contributed by atoms with van der Waals surface area (Å²) in [7, 11) is 0. The molecule has 0 amide bonds. The minimum absolute atomic E-state index is 0.0620. The number of hydrogen-bond acceptors (Lipinski definition) is 2. The first-order valence-electron chi connectivity index (χ1n) is 13.6. The Morgan fingerprint density at radius 3 is 2.24 bits per heavy atom. The molecule has 4 saturated carbocycles. The van der Waals surface area contributed by atoms with Crippen LogP contribution in [0.2, 0.25) is 0 Å². The van der Waals surface area contributed by atoms with Crippen molar-refractivity contribution < 1.29 is 14.7 Å². The van der Waals surface area contributed by atoms with Crippen LogP contribution in [0.15, 0.2) is 11.6 Å². The Hall–Kier alpha value is -1.12. The van der Waals surface area contributed by atoms with E-state index in [1.807, 2.05) is 0 Å². The van der Waals surface area contributed by atoms with Crippen LogP contribution in [0.4, 0.5) is 0 Å². The zero-order chi connectivity index (χ0) is 24.2. The van der Waals surface area contributed by atoms with E-state index in [0.717, 1.165) is 57.8 Å². The van der Waals surface area contributed by atoms with E-state index in [4.69, 9.17) is 0 Å². The fraction of sp³-hybridized carbons (Fsp3) is 0.867. The molecule has 184 valence electrons. The van der Waals surface area contributed by atoms with Gasteiger partial charge in [0.2, 0.25) is 0 Å². The number of carboxylic acid groups (broad SMARTS) is 1. The Kier molecular flexibility index (Phi) is 4.83. The van der Waals surface area contributed by atoms with Gasteiger partial charge in [-0.3, -0.25) is 9.59 Å². The maximum Gasteiger partial charge on any atom is 0.310 e. The number of allylic oxidation sites excluding steroid dienone is 2. The number of Topliss-reactive ketones (excluding diaryl/α,β-unsaturated/α-hetero) is 1. The van der Waals surface area contributed by atoms with Gasteiger partial charge in [0.25, 0.3) is 0 Å². The Labute approximate surface area is 201 Å². The third-order valence-electron chi connectivity index (χ3n) is 12.8. The zero-order valence-corrected chi connectivity index (χ0v) is 22.1. The van der Waals surface area contributed by atoms with Crippen molar-refractivity contribution in [3.63, 3.8) is 0 Å². The molecule has 0 aromatic rings. The molecule has 7 atom stereocenters. The molecule has 0 radical (unpaired) electrons. The largest absolute Gasteiger partial charge is 0.481 e. The molecule has 5 aliphatic carbocycles. The Morgan fingerprint density at radius 2 is 1.58 bits per heavy atom. The summed E-state index contributed by atoms with van der Waals surface area (Å²) in [6.07, 6.45) is 12.3. The van der Waals surface area contributed by atoms with Gasteiger partial charge in [0.1, 0.15) is 5.78 Å². The number of carboxylic acids is 1. The van der Waals surface area contributed by atoms with E-state index < -0.39 is 11.4 Å². The summed E-state index contributed by atoms with van der Waals surface area (Å²) in [5.74, 6) is 1.10. The SMILES string of the molecule is CC1(C)CC[C@]2(C(=O)O)CC[C@]3(C)C(=CC[C@H]4[C@@]5(C)CCC(=O)C(C)(C)[C@H]5CC[C@]43C)[C@@H]2C1. The van der Waals surface area contributed by atoms with Crippen LogP contribution < -0.4 is 0 Å². The molecule has 33 heavy (non-hydrogen) atoms. The summed E-state index contributed by atoms with van der Waals surface area (Å²) < 4.78 is 0. The van der Waals surface area contributed by atoms with E-state index >= 15 is 0 Å². The van der Waals surface area contributed by atoms with Gasteiger partial charge >= 0.3 is 5.97 Å². The van der Waals surface area contributed by atoms with Crippen LogP contribution >= 0.6 is 0 Å². The lowest BCUT2D eigenvalue weighted by Gasteiger charge is -2.70. The van der Waals surface area contributed by atoms with Crippen molar-refractivity contribution in [2.24, 2.45) is 50.2 Å². The molecule has 0 bridgehead atoms. The van der Waals surface area contributed by atoms with Crippen molar-refractivity contribution >= 4 is 11.8 Å². The minimum atomic E-state index is -0.565. The van der Waals surface area contributed by atoms with Crippen LogP contribution in [0, 0.1) is 50.2 Å². The number of rotatable bonds is 1. The molecule has 4 fully saturated rings. The molecular weight excluding hydrogens is 408 g/mol. The van der Waals surface area contributed by atoms with Gasteiger partial charge in [-0.05, 0) is 97.2 Å². The molecule has 0 heterocycles. The number of carbonyl (C=O) groups excluding carboxylic acids is 1. The Bertz CT molecular complexity index is 927. The van der Waals surface area contributed by atoms with Gasteiger partial charge in [0.05, 0.1) is 5.41 Å². The van der Waals surface area contributed by atoms with Crippen LogP contribution in [-0.2, 0) is 9.59 Å². The first kappa shape index (κ1) is 23.6. The maximum atomic E-state index is 12.9. The molecule has 0 aliphatic heterocycles. The molecule has 1 N–H and O–H groups in total. The summed E-state index contributed by atoms with van der Waals surface area (Å²) in [5.41, 5.74) is 1.33. The van der Waals surface area contributed by atoms with Gasteiger partial charge in [-0.25, -0.2) is 0 Å². The first-order valence-corrected chi connectivity index (χ1v) is 13.6. The van der Waals surface area contributed by atoms with Crippen LogP contribution in [0.3, 0.4) is 0 Å². The number of carbonyl (C=O) groups is 2. The van der Waals surface area contributed by atoms with Gasteiger partial charge in [0, 0.05) is 11.8 Å². The van der Waals surface area contributed by atoms with Crippen molar-refractivity contribution in [2.45, 2.75) is 113 Å². The zero-order valence-electron chi connectivity index (χ0n) is 22.1. The van der Waals surface area contributed by atoms with E-state index in [1.54, 1.807) is 0 Å². The minimum Gasteiger partial charge on any atom is -0.481 e. The van der Waals surface area contributed by atoms with Gasteiger partial charge in [-0.15, -0.1) is 0 Å². The third-order valence-corrected chi connectivity index (χ3v) is 12.8. The standard InChI is InChI=1S/C30H46O3/c1-25(2)14-16-30(24(32)33)17-15-28(6)19(20(30)18-25)8-9-22-27(5)12-11-23(31)26(3,4)21(27)10-13-29(22,28)7/h8,20-22H,9-18H2,1-7H3,(H,32,33)/t20-,21+,22-,27-,28+,29+,30-/m0/s1. The highest BCUT2D eigenvalue weighted by molar-refractivity contribution is 5.85. The molecule has 0 aromatic heterocycles. The van der Waals surface area contributed by atoms with Crippen LogP contribution in [0.5, 0.6) is 0 Å². The lowest BCUT2D eigenvalue weighted by molar-refractivity contribution is -0.189. The van der Waals surface area contributed by atoms with Crippen molar-refractivity contribution in [3.8, 4) is 0 Å². The molecular formula is C30H46O3. The second kappa shape index (κ2) is 6.76. The van der Waals surface area contributed by atoms with Gasteiger partial charge < -0.3 is 5.11 Å². The van der Waals surface area contributed by atoms with Crippen LogP contribution in [-0.4, -0.2) is 16.9 Å². The normalized spacial score (nSPS) is 50.2. The fourth-order valence-electron chi connectivity index (χ4n) is 10.4. The van der Waals surface area contributed by atoms with Crippen LogP contribution in [0.25, 0.3) is 0 Å². The summed E-state index contributed by atoms with van der Waals surface area (Å²) >= 11 is 0. The van der Waals surface area contributed by atoms with Crippen LogP contribution in [0.1, 0.15) is 113 Å². The summed E-state index contributed by atoms with van der Waals surface area (Å²) in [4.78, 5) is 25.6. The van der Waals surface area contributed by atoms with E-state index in [1.165, 1.54) is 12.0 Å². The molecule has 5 rings (SSSR count). The Morgan fingerprint density at radius 1 is 0.909 bits per heavy atom. The van der Waals surface area contributed by atoms with E-state index in [2.05, 4.69) is 54.5 Å². The van der Waals surface area contributed by atoms with E-state index in [0.29, 0.717) is 17.6 Å². The van der Waals surface area contributed by atoms with E-state index in [-0.39, 0.29) is 33.0 Å². The average molecular weight is 455 g/mol. The third kappa shape index (κ3) is 2.80. The van der Waals surface area contributed by atoms with Crippen molar-refractivity contribution in [2.75, 3.05) is 0 Å². The number of aliphatic carboxylic acids is 1. The first-order chi connectivity index (χ1) is 15.1. The highest BCUT2D eigenvalue weighted by Gasteiger charge is 2.69. The molecule has 0 saturated heterocycles. The molecule has 0 spiro atoms. The second-order valence-corrected chi connectivity index (χ2v) is 14.8. The predicted octanol–water partition coefficient (Wildman–Crippen LogP) is 7.44. The molecule has 5 aliphatic rings. The monoisotopic (exact) mass is 454 g/mol. The number of ketones is 1. The maximum absolute atomic E-state index is 12.9. The summed E-state index contributed by atoms with van der Waals surface area (Å²) in [6.45, 7) is 16.6. The van der Waals surface area contributed by atoms with Crippen molar-refractivity contribution in [1.29, 1.82) is 0 Å². The second-order valence-electron chi connectivity index (χ2n) is 14.8. The van der Waals surface area contributed by atoms with Gasteiger partial charge in [0.15, 0.2) is 0 Å². The highest BCUT2D eigenvalue weighted by atomic mass is 16.4. The molecule has 3 heteroatoms. The summed E-state index contributed by atoms with van der Waals surface area (Å²) in [6, 6.07) is 0. The quantitative estimate of drug-likeness (QED) is 0.419. The highest BCUT2D eigenvalue weighted by Crippen LogP contribution is 2.75. The fourth-order valence-corrected chi connectivity index (χ4v) is 10.4. The Balaban J connectivity index is 1.60. The molecule has 3 nitrogen and oxygen atoms in total. The number of fused-ring (bicyclic) bond motifs is 7. The van der Waals surface area contributed by atoms with Gasteiger partial charge in [-0.1, -0.05) is 60.1 Å². The van der Waals surface area contributed by atoms with E-state index in [9.17, 15) is 14.7 Å². The smallest absolute Gasteiger partial charge is 0.310 e. The number of hydrogen-bond donors (Lipinski definition) is 1.